The Morgan fingerprint density at radius 1 is 1.07 bits per heavy atom. The summed E-state index contributed by atoms with van der Waals surface area (Å²) in [5, 5.41) is 11.5. The quantitative estimate of drug-likeness (QED) is 0.332. The molecule has 0 spiro atoms. The minimum atomic E-state index is -0.676. The van der Waals surface area contributed by atoms with Crippen LogP contribution in [0.4, 0.5) is 5.69 Å². The number of rotatable bonds is 4. The minimum Gasteiger partial charge on any atom is -0.504 e. The molecule has 0 aliphatic rings. The van der Waals surface area contributed by atoms with E-state index >= 15 is 0 Å². The summed E-state index contributed by atoms with van der Waals surface area (Å²) in [5.74, 6) is -1.05. The molecule has 0 saturated carbocycles. The molecule has 0 unspecified atom stereocenters. The summed E-state index contributed by atoms with van der Waals surface area (Å²) < 4.78 is 5.23. The van der Waals surface area contributed by atoms with Crippen molar-refractivity contribution in [3.8, 4) is 11.5 Å². The lowest BCUT2D eigenvalue weighted by molar-refractivity contribution is 0.0729. The number of benzene rings is 2. The van der Waals surface area contributed by atoms with Crippen molar-refractivity contribution in [1.29, 1.82) is 0 Å². The van der Waals surface area contributed by atoms with Crippen molar-refractivity contribution in [2.24, 2.45) is 4.99 Å². The van der Waals surface area contributed by atoms with Gasteiger partial charge >= 0.3 is 5.97 Å². The molecule has 0 fully saturated rings. The van der Waals surface area contributed by atoms with Crippen molar-refractivity contribution >= 4 is 52.7 Å². The molecule has 0 atom stereocenters. The van der Waals surface area contributed by atoms with Crippen molar-refractivity contribution in [2.75, 3.05) is 0 Å². The standard InChI is InChI=1S/C19H11Cl3N2O3/c20-13-4-12(10-24-16-6-14(21)5-15(22)7-16)18(25)17(8-13)27-19(26)11-2-1-3-23-9-11/h1-10,25H. The average molecular weight is 422 g/mol. The molecular weight excluding hydrogens is 411 g/mol. The number of pyridine rings is 1. The number of ether oxygens (including phenoxy) is 1. The van der Waals surface area contributed by atoms with E-state index in [-0.39, 0.29) is 27.6 Å². The van der Waals surface area contributed by atoms with Gasteiger partial charge < -0.3 is 9.84 Å². The van der Waals surface area contributed by atoms with Gasteiger partial charge in [0.05, 0.1) is 11.3 Å². The Kier molecular flexibility index (Phi) is 5.96. The number of nitrogens with zero attached hydrogens (tertiary/aromatic N) is 2. The maximum atomic E-state index is 12.2. The molecule has 27 heavy (non-hydrogen) atoms. The topological polar surface area (TPSA) is 71.8 Å². The fourth-order valence-corrected chi connectivity index (χ4v) is 2.90. The van der Waals surface area contributed by atoms with Crippen molar-refractivity contribution < 1.29 is 14.6 Å². The van der Waals surface area contributed by atoms with Gasteiger partial charge in [0.25, 0.3) is 0 Å². The van der Waals surface area contributed by atoms with Gasteiger partial charge in [-0.3, -0.25) is 9.98 Å². The first-order chi connectivity index (χ1) is 12.9. The normalized spacial score (nSPS) is 10.9. The Bertz CT molecular complexity index is 1000. The van der Waals surface area contributed by atoms with E-state index in [9.17, 15) is 9.90 Å². The first-order valence-electron chi connectivity index (χ1n) is 7.57. The van der Waals surface area contributed by atoms with Crippen LogP contribution >= 0.6 is 34.8 Å². The number of hydrogen-bond acceptors (Lipinski definition) is 5. The Balaban J connectivity index is 1.89. The lowest BCUT2D eigenvalue weighted by Gasteiger charge is -2.09. The second kappa shape index (κ2) is 8.39. The monoisotopic (exact) mass is 420 g/mol. The summed E-state index contributed by atoms with van der Waals surface area (Å²) in [7, 11) is 0. The zero-order chi connectivity index (χ0) is 19.4. The predicted molar refractivity (Wildman–Crippen MR) is 106 cm³/mol. The molecule has 3 aromatic rings. The van der Waals surface area contributed by atoms with Crippen LogP contribution in [0.3, 0.4) is 0 Å². The van der Waals surface area contributed by atoms with E-state index in [0.717, 1.165) is 0 Å². The third kappa shape index (κ3) is 4.98. The van der Waals surface area contributed by atoms with Crippen LogP contribution in [-0.2, 0) is 0 Å². The first kappa shape index (κ1) is 19.2. The molecule has 136 valence electrons. The number of esters is 1. The molecule has 8 heteroatoms. The van der Waals surface area contributed by atoms with E-state index < -0.39 is 5.97 Å². The summed E-state index contributed by atoms with van der Waals surface area (Å²) in [4.78, 5) is 20.2. The van der Waals surface area contributed by atoms with Crippen molar-refractivity contribution in [1.82, 2.24) is 4.98 Å². The van der Waals surface area contributed by atoms with Gasteiger partial charge in [0, 0.05) is 45.3 Å². The lowest BCUT2D eigenvalue weighted by atomic mass is 10.2. The van der Waals surface area contributed by atoms with E-state index in [1.807, 2.05) is 0 Å². The van der Waals surface area contributed by atoms with Crippen LogP contribution in [-0.4, -0.2) is 22.3 Å². The maximum Gasteiger partial charge on any atom is 0.345 e. The van der Waals surface area contributed by atoms with Crippen molar-refractivity contribution in [2.45, 2.75) is 0 Å². The van der Waals surface area contributed by atoms with Gasteiger partial charge in [0.1, 0.15) is 0 Å². The van der Waals surface area contributed by atoms with Crippen LogP contribution in [0.25, 0.3) is 0 Å². The molecule has 0 bridgehead atoms. The Morgan fingerprint density at radius 3 is 2.44 bits per heavy atom. The number of carbonyl (C=O) groups excluding carboxylic acids is 1. The number of aliphatic imine (C=N–C) groups is 1. The van der Waals surface area contributed by atoms with E-state index in [4.69, 9.17) is 39.5 Å². The van der Waals surface area contributed by atoms with Crippen LogP contribution in [0.5, 0.6) is 11.5 Å². The molecule has 1 N–H and O–H groups in total. The highest BCUT2D eigenvalue weighted by molar-refractivity contribution is 6.35. The molecule has 2 aromatic carbocycles. The summed E-state index contributed by atoms with van der Waals surface area (Å²) in [6, 6.07) is 10.7. The third-order valence-corrected chi connectivity index (χ3v) is 4.02. The lowest BCUT2D eigenvalue weighted by Crippen LogP contribution is -2.09. The van der Waals surface area contributed by atoms with Gasteiger partial charge in [-0.15, -0.1) is 0 Å². The number of aromatic nitrogens is 1. The van der Waals surface area contributed by atoms with E-state index in [1.54, 1.807) is 30.3 Å². The minimum absolute atomic E-state index is 0.0954. The number of aromatic hydroxyl groups is 1. The summed E-state index contributed by atoms with van der Waals surface area (Å²) in [5.41, 5.74) is 0.981. The van der Waals surface area contributed by atoms with Crippen LogP contribution in [0.1, 0.15) is 15.9 Å². The van der Waals surface area contributed by atoms with E-state index in [0.29, 0.717) is 15.7 Å². The molecule has 0 aliphatic carbocycles. The molecule has 1 heterocycles. The third-order valence-electron chi connectivity index (χ3n) is 3.37. The molecule has 0 radical (unpaired) electrons. The van der Waals surface area contributed by atoms with E-state index in [1.165, 1.54) is 30.7 Å². The van der Waals surface area contributed by atoms with Crippen molar-refractivity contribution in [3.05, 3.63) is 81.1 Å². The van der Waals surface area contributed by atoms with Gasteiger partial charge in [-0.25, -0.2) is 4.79 Å². The molecule has 0 aliphatic heterocycles. The zero-order valence-electron chi connectivity index (χ0n) is 13.6. The Hall–Kier alpha value is -2.60. The fourth-order valence-electron chi connectivity index (χ4n) is 2.17. The number of phenolic OH excluding ortho intramolecular Hbond substituents is 1. The first-order valence-corrected chi connectivity index (χ1v) is 8.70. The second-order valence-electron chi connectivity index (χ2n) is 5.36. The maximum absolute atomic E-state index is 12.2. The Morgan fingerprint density at radius 2 is 1.78 bits per heavy atom. The number of carbonyl (C=O) groups is 1. The van der Waals surface area contributed by atoms with Crippen LogP contribution < -0.4 is 4.74 Å². The highest BCUT2D eigenvalue weighted by atomic mass is 35.5. The second-order valence-corrected chi connectivity index (χ2v) is 6.67. The van der Waals surface area contributed by atoms with Gasteiger partial charge in [0.15, 0.2) is 11.5 Å². The molecule has 0 saturated heterocycles. The van der Waals surface area contributed by atoms with E-state index in [2.05, 4.69) is 9.98 Å². The molecule has 5 nitrogen and oxygen atoms in total. The molecule has 0 amide bonds. The number of halogens is 3. The summed E-state index contributed by atoms with van der Waals surface area (Å²) >= 11 is 17.9. The summed E-state index contributed by atoms with van der Waals surface area (Å²) in [6.07, 6.45) is 4.25. The highest BCUT2D eigenvalue weighted by Crippen LogP contribution is 2.34. The van der Waals surface area contributed by atoms with Gasteiger partial charge in [-0.2, -0.15) is 0 Å². The summed E-state index contributed by atoms with van der Waals surface area (Å²) in [6.45, 7) is 0. The van der Waals surface area contributed by atoms with Crippen molar-refractivity contribution in [3.63, 3.8) is 0 Å². The zero-order valence-corrected chi connectivity index (χ0v) is 15.8. The number of hydrogen-bond donors (Lipinski definition) is 1. The number of phenols is 1. The van der Waals surface area contributed by atoms with Gasteiger partial charge in [-0.1, -0.05) is 34.8 Å². The van der Waals surface area contributed by atoms with Crippen LogP contribution in [0.15, 0.2) is 59.9 Å². The smallest absolute Gasteiger partial charge is 0.345 e. The molecular formula is C19H11Cl3N2O3. The average Bonchev–Trinajstić information content (AvgIpc) is 2.63. The molecule has 1 aromatic heterocycles. The Labute approximate surface area is 169 Å². The van der Waals surface area contributed by atoms with Gasteiger partial charge in [0.2, 0.25) is 0 Å². The molecule has 3 rings (SSSR count). The fraction of sp³-hybridized carbons (Fsp3) is 0. The SMILES string of the molecule is O=C(Oc1cc(Cl)cc(C=Nc2cc(Cl)cc(Cl)c2)c1O)c1cccnc1. The highest BCUT2D eigenvalue weighted by Gasteiger charge is 2.15. The predicted octanol–water partition coefficient (Wildman–Crippen LogP) is 5.72. The van der Waals surface area contributed by atoms with Crippen LogP contribution in [0, 0.1) is 0 Å². The van der Waals surface area contributed by atoms with Crippen LogP contribution in [0.2, 0.25) is 15.1 Å². The van der Waals surface area contributed by atoms with Gasteiger partial charge in [-0.05, 0) is 36.4 Å². The largest absolute Gasteiger partial charge is 0.504 e.